The topological polar surface area (TPSA) is 45.1 Å². The van der Waals surface area contributed by atoms with Crippen LogP contribution in [-0.4, -0.2) is 53.3 Å². The number of nitrogens with zero attached hydrogens (tertiary/aromatic N) is 3. The van der Waals surface area contributed by atoms with Crippen molar-refractivity contribution in [2.75, 3.05) is 26.2 Å². The maximum absolute atomic E-state index is 12.5. The zero-order valence-electron chi connectivity index (χ0n) is 15.7. The Morgan fingerprint density at radius 2 is 2.00 bits per heavy atom. The quantitative estimate of drug-likeness (QED) is 0.765. The molecule has 3 rings (SSSR count). The van der Waals surface area contributed by atoms with Gasteiger partial charge in [-0.05, 0) is 44.4 Å². The zero-order chi connectivity index (χ0) is 18.6. The van der Waals surface area contributed by atoms with Gasteiger partial charge in [-0.15, -0.1) is 0 Å². The lowest BCUT2D eigenvalue weighted by atomic mass is 9.86. The lowest BCUT2D eigenvalue weighted by Crippen LogP contribution is -2.51. The van der Waals surface area contributed by atoms with E-state index in [1.165, 1.54) is 5.56 Å². The summed E-state index contributed by atoms with van der Waals surface area (Å²) in [5, 5.41) is 5.13. The first kappa shape index (κ1) is 19.0. The minimum atomic E-state index is -0.205. The number of hydrogen-bond donors (Lipinski definition) is 0. The summed E-state index contributed by atoms with van der Waals surface area (Å²) < 4.78 is 0. The molecule has 1 spiro atoms. The lowest BCUT2D eigenvalue weighted by Gasteiger charge is -2.39. The number of carbonyl (C=O) groups is 1. The van der Waals surface area contributed by atoms with Gasteiger partial charge in [-0.3, -0.25) is 0 Å². The highest BCUT2D eigenvalue weighted by Gasteiger charge is 2.43. The Labute approximate surface area is 160 Å². The van der Waals surface area contributed by atoms with Crippen molar-refractivity contribution in [3.05, 3.63) is 34.9 Å². The van der Waals surface area contributed by atoms with Gasteiger partial charge in [0.2, 0.25) is 0 Å². The van der Waals surface area contributed by atoms with E-state index in [1.54, 1.807) is 0 Å². The van der Waals surface area contributed by atoms with Gasteiger partial charge < -0.3 is 14.6 Å². The maximum atomic E-state index is 12.5. The number of benzene rings is 1. The third-order valence-corrected chi connectivity index (χ3v) is 5.70. The Morgan fingerprint density at radius 1 is 1.27 bits per heavy atom. The Balaban J connectivity index is 1.48. The van der Waals surface area contributed by atoms with Crippen LogP contribution in [0.15, 0.2) is 29.4 Å². The van der Waals surface area contributed by atoms with Crippen molar-refractivity contribution in [1.29, 1.82) is 0 Å². The normalized spacial score (nSPS) is 18.6. The first-order valence-electron chi connectivity index (χ1n) is 9.57. The highest BCUT2D eigenvalue weighted by molar-refractivity contribution is 6.30. The predicted octanol–water partition coefficient (Wildman–Crippen LogP) is 4.35. The minimum absolute atomic E-state index is 0.143. The van der Waals surface area contributed by atoms with Crippen LogP contribution in [0.25, 0.3) is 0 Å². The Hall–Kier alpha value is -1.75. The molecule has 2 aliphatic heterocycles. The summed E-state index contributed by atoms with van der Waals surface area (Å²) in [7, 11) is 0. The molecule has 2 amide bonds. The lowest BCUT2D eigenvalue weighted by molar-refractivity contribution is -0.0565. The smallest absolute Gasteiger partial charge is 0.319 e. The van der Waals surface area contributed by atoms with E-state index < -0.39 is 0 Å². The fraction of sp³-hybridized carbons (Fsp3) is 0.600. The zero-order valence-corrected chi connectivity index (χ0v) is 16.5. The van der Waals surface area contributed by atoms with Gasteiger partial charge in [-0.25, -0.2) is 4.79 Å². The van der Waals surface area contributed by atoms with Crippen molar-refractivity contribution < 1.29 is 9.63 Å². The molecule has 1 aromatic carbocycles. The molecule has 0 atom stereocenters. The number of halogens is 1. The molecule has 2 aliphatic rings. The molecule has 26 heavy (non-hydrogen) atoms. The van der Waals surface area contributed by atoms with Gasteiger partial charge in [0.15, 0.2) is 0 Å². The van der Waals surface area contributed by atoms with Crippen LogP contribution in [0.1, 0.15) is 45.1 Å². The van der Waals surface area contributed by atoms with Crippen LogP contribution in [0, 0.1) is 0 Å². The predicted molar refractivity (Wildman–Crippen MR) is 105 cm³/mol. The molecule has 0 bridgehead atoms. The second-order valence-corrected chi connectivity index (χ2v) is 7.62. The van der Waals surface area contributed by atoms with Gasteiger partial charge in [0, 0.05) is 50.5 Å². The molecule has 2 heterocycles. The van der Waals surface area contributed by atoms with E-state index >= 15 is 0 Å². The largest absolute Gasteiger partial charge is 0.389 e. The number of oxime groups is 1. The molecular weight excluding hydrogens is 350 g/mol. The number of likely N-dealkylation sites (tertiary alicyclic amines) is 1. The van der Waals surface area contributed by atoms with Crippen LogP contribution >= 0.6 is 11.6 Å². The van der Waals surface area contributed by atoms with Crippen molar-refractivity contribution in [1.82, 2.24) is 9.80 Å². The average molecular weight is 378 g/mol. The van der Waals surface area contributed by atoms with Crippen LogP contribution < -0.4 is 0 Å². The van der Waals surface area contributed by atoms with Crippen LogP contribution in [0.5, 0.6) is 0 Å². The summed E-state index contributed by atoms with van der Waals surface area (Å²) >= 11 is 6.05. The van der Waals surface area contributed by atoms with Crippen molar-refractivity contribution in [3.63, 3.8) is 0 Å². The van der Waals surface area contributed by atoms with Crippen molar-refractivity contribution in [3.8, 4) is 0 Å². The van der Waals surface area contributed by atoms with E-state index in [0.29, 0.717) is 0 Å². The van der Waals surface area contributed by atoms with Gasteiger partial charge in [0.25, 0.3) is 0 Å². The van der Waals surface area contributed by atoms with Crippen LogP contribution in [0.3, 0.4) is 0 Å². The molecule has 1 saturated heterocycles. The van der Waals surface area contributed by atoms with Crippen molar-refractivity contribution in [2.45, 2.75) is 51.6 Å². The van der Waals surface area contributed by atoms with E-state index in [0.717, 1.165) is 69.0 Å². The van der Waals surface area contributed by atoms with E-state index in [2.05, 4.69) is 11.2 Å². The highest BCUT2D eigenvalue weighted by Crippen LogP contribution is 2.35. The number of aryl methyl sites for hydroxylation is 1. The fourth-order valence-corrected chi connectivity index (χ4v) is 3.99. The van der Waals surface area contributed by atoms with Gasteiger partial charge in [-0.2, -0.15) is 0 Å². The van der Waals surface area contributed by atoms with E-state index in [4.69, 9.17) is 16.4 Å². The van der Waals surface area contributed by atoms with Crippen LogP contribution in [0.2, 0.25) is 5.02 Å². The fourth-order valence-electron chi connectivity index (χ4n) is 3.78. The molecule has 0 aliphatic carbocycles. The number of hydrogen-bond acceptors (Lipinski definition) is 3. The molecule has 0 N–H and O–H groups in total. The van der Waals surface area contributed by atoms with Crippen molar-refractivity contribution >= 4 is 23.3 Å². The Kier molecular flexibility index (Phi) is 6.07. The van der Waals surface area contributed by atoms with Gasteiger partial charge in [-0.1, -0.05) is 28.9 Å². The second-order valence-electron chi connectivity index (χ2n) is 7.18. The number of urea groups is 1. The summed E-state index contributed by atoms with van der Waals surface area (Å²) in [6.07, 6.45) is 4.39. The highest BCUT2D eigenvalue weighted by atomic mass is 35.5. The molecule has 1 fully saturated rings. The van der Waals surface area contributed by atoms with E-state index in [1.807, 2.05) is 41.8 Å². The maximum Gasteiger partial charge on any atom is 0.319 e. The van der Waals surface area contributed by atoms with Crippen molar-refractivity contribution in [2.24, 2.45) is 5.16 Å². The first-order valence-corrected chi connectivity index (χ1v) is 9.95. The van der Waals surface area contributed by atoms with Gasteiger partial charge in [0.1, 0.15) is 5.60 Å². The SMILES string of the molecule is CCN(CC)C(=O)N1CCC2(CC1)CC(CCc1cccc(Cl)c1)=NO2. The standard InChI is InChI=1S/C20H28ClN3O2/c1-3-23(4-2)19(25)24-12-10-20(11-13-24)15-18(22-26-20)9-8-16-6-5-7-17(21)14-16/h5-7,14H,3-4,8-13,15H2,1-2H3. The third-order valence-electron chi connectivity index (χ3n) is 5.47. The van der Waals surface area contributed by atoms with Gasteiger partial charge in [0.05, 0.1) is 5.71 Å². The number of rotatable bonds is 5. The Morgan fingerprint density at radius 3 is 2.65 bits per heavy atom. The summed E-state index contributed by atoms with van der Waals surface area (Å²) in [6, 6.07) is 8.11. The molecule has 0 unspecified atom stereocenters. The molecule has 6 heteroatoms. The molecule has 0 aromatic heterocycles. The van der Waals surface area contributed by atoms with Crippen LogP contribution in [0.4, 0.5) is 4.79 Å². The third kappa shape index (κ3) is 4.32. The molecule has 0 radical (unpaired) electrons. The molecule has 5 nitrogen and oxygen atoms in total. The first-order chi connectivity index (χ1) is 12.5. The summed E-state index contributed by atoms with van der Waals surface area (Å²) in [4.78, 5) is 22.2. The van der Waals surface area contributed by atoms with E-state index in [-0.39, 0.29) is 11.6 Å². The number of carbonyl (C=O) groups excluding carboxylic acids is 1. The summed E-state index contributed by atoms with van der Waals surface area (Å²) in [6.45, 7) is 7.03. The minimum Gasteiger partial charge on any atom is -0.389 e. The second kappa shape index (κ2) is 8.30. The monoisotopic (exact) mass is 377 g/mol. The number of piperidine rings is 1. The number of amides is 2. The average Bonchev–Trinajstić information content (AvgIpc) is 3.04. The Bertz CT molecular complexity index is 665. The molecule has 0 saturated carbocycles. The summed E-state index contributed by atoms with van der Waals surface area (Å²) in [5.74, 6) is 0. The van der Waals surface area contributed by atoms with E-state index in [9.17, 15) is 4.79 Å². The molecule has 142 valence electrons. The van der Waals surface area contributed by atoms with Gasteiger partial charge >= 0.3 is 6.03 Å². The molecule has 1 aromatic rings. The summed E-state index contributed by atoms with van der Waals surface area (Å²) in [5.41, 5.74) is 2.14. The molecular formula is C20H28ClN3O2. The van der Waals surface area contributed by atoms with Crippen LogP contribution in [-0.2, 0) is 11.3 Å².